The third kappa shape index (κ3) is 2.42. The number of aromatic nitrogens is 1. The molecule has 1 fully saturated rings. The lowest BCUT2D eigenvalue weighted by molar-refractivity contribution is 0.198. The smallest absolute Gasteiger partial charge is 0.212 e. The molecule has 1 saturated heterocycles. The van der Waals surface area contributed by atoms with Crippen LogP contribution in [-0.2, 0) is 0 Å². The summed E-state index contributed by atoms with van der Waals surface area (Å²) in [6, 6.07) is 4.97. The molecule has 0 aromatic carbocycles. The Morgan fingerprint density at radius 3 is 2.76 bits per heavy atom. The lowest BCUT2D eigenvalue weighted by Crippen LogP contribution is -2.35. The summed E-state index contributed by atoms with van der Waals surface area (Å²) < 4.78 is 5.08. The average molecular weight is 235 g/mol. The van der Waals surface area contributed by atoms with Gasteiger partial charge in [0.15, 0.2) is 0 Å². The van der Waals surface area contributed by atoms with E-state index in [1.165, 1.54) is 5.56 Å². The van der Waals surface area contributed by atoms with Crippen LogP contribution >= 0.6 is 0 Å². The van der Waals surface area contributed by atoms with Crippen molar-refractivity contribution in [2.45, 2.75) is 38.4 Å². The molecule has 2 N–H and O–H groups in total. The zero-order valence-corrected chi connectivity index (χ0v) is 10.8. The zero-order chi connectivity index (χ0) is 12.4. The van der Waals surface area contributed by atoms with Crippen LogP contribution in [0.2, 0.25) is 0 Å². The van der Waals surface area contributed by atoms with Gasteiger partial charge >= 0.3 is 0 Å². The number of nitrogens with two attached hydrogens (primary N) is 1. The van der Waals surface area contributed by atoms with Crippen molar-refractivity contribution in [2.75, 3.05) is 13.7 Å². The van der Waals surface area contributed by atoms with Crippen molar-refractivity contribution < 1.29 is 4.74 Å². The number of hydrogen-bond donors (Lipinski definition) is 1. The molecule has 4 nitrogen and oxygen atoms in total. The summed E-state index contributed by atoms with van der Waals surface area (Å²) in [6.45, 7) is 5.49. The maximum Gasteiger partial charge on any atom is 0.212 e. The summed E-state index contributed by atoms with van der Waals surface area (Å²) in [4.78, 5) is 6.70. The van der Waals surface area contributed by atoms with Gasteiger partial charge in [-0.15, -0.1) is 0 Å². The van der Waals surface area contributed by atoms with Gasteiger partial charge in [-0.25, -0.2) is 4.98 Å². The number of pyridine rings is 1. The highest BCUT2D eigenvalue weighted by Gasteiger charge is 2.34. The number of rotatable bonds is 3. The van der Waals surface area contributed by atoms with Crippen molar-refractivity contribution in [3.8, 4) is 5.88 Å². The fourth-order valence-corrected chi connectivity index (χ4v) is 2.55. The fraction of sp³-hybridized carbons (Fsp3) is 0.615. The number of hydrogen-bond acceptors (Lipinski definition) is 4. The molecule has 0 radical (unpaired) electrons. The van der Waals surface area contributed by atoms with E-state index in [4.69, 9.17) is 10.5 Å². The first-order chi connectivity index (χ1) is 8.13. The molecule has 1 aliphatic heterocycles. The molecule has 0 saturated carbocycles. The number of methoxy groups -OCH3 is 1. The van der Waals surface area contributed by atoms with Crippen LogP contribution < -0.4 is 10.5 Å². The molecule has 0 amide bonds. The molecule has 4 heteroatoms. The molecule has 1 aliphatic rings. The summed E-state index contributed by atoms with van der Waals surface area (Å²) in [5.74, 6) is 0.649. The highest BCUT2D eigenvalue weighted by molar-refractivity contribution is 5.23. The minimum Gasteiger partial charge on any atom is -0.481 e. The molecule has 0 aliphatic carbocycles. The minimum absolute atomic E-state index is 0.201. The van der Waals surface area contributed by atoms with E-state index < -0.39 is 0 Å². The van der Waals surface area contributed by atoms with Gasteiger partial charge in [-0.2, -0.15) is 0 Å². The van der Waals surface area contributed by atoms with Crippen molar-refractivity contribution in [3.05, 3.63) is 23.9 Å². The number of likely N-dealkylation sites (tertiary alicyclic amines) is 1. The summed E-state index contributed by atoms with van der Waals surface area (Å²) >= 11 is 0. The molecular weight excluding hydrogens is 214 g/mol. The molecule has 2 rings (SSSR count). The van der Waals surface area contributed by atoms with Crippen LogP contribution in [-0.4, -0.2) is 35.6 Å². The van der Waals surface area contributed by atoms with Gasteiger partial charge in [-0.1, -0.05) is 6.07 Å². The van der Waals surface area contributed by atoms with E-state index >= 15 is 0 Å². The summed E-state index contributed by atoms with van der Waals surface area (Å²) in [7, 11) is 1.63. The maximum absolute atomic E-state index is 6.21. The summed E-state index contributed by atoms with van der Waals surface area (Å²) in [6.07, 6.45) is 2.93. The summed E-state index contributed by atoms with van der Waals surface area (Å²) in [5.41, 5.74) is 7.39. The number of ether oxygens (including phenoxy) is 1. The Labute approximate surface area is 103 Å². The van der Waals surface area contributed by atoms with E-state index in [0.29, 0.717) is 11.9 Å². The van der Waals surface area contributed by atoms with Crippen LogP contribution in [0.15, 0.2) is 18.3 Å². The Balaban J connectivity index is 2.23. The van der Waals surface area contributed by atoms with Gasteiger partial charge in [-0.05, 0) is 25.8 Å². The van der Waals surface area contributed by atoms with Gasteiger partial charge in [0.2, 0.25) is 5.88 Å². The molecule has 0 bridgehead atoms. The van der Waals surface area contributed by atoms with Gasteiger partial charge in [-0.3, -0.25) is 4.90 Å². The minimum atomic E-state index is 0.201. The molecular formula is C13H21N3O. The first-order valence-corrected chi connectivity index (χ1v) is 6.14. The fourth-order valence-electron chi connectivity index (χ4n) is 2.55. The second kappa shape index (κ2) is 5.02. The largest absolute Gasteiger partial charge is 0.481 e. The van der Waals surface area contributed by atoms with Crippen LogP contribution in [0.5, 0.6) is 5.88 Å². The van der Waals surface area contributed by atoms with Gasteiger partial charge in [0.1, 0.15) is 0 Å². The average Bonchev–Trinajstić information content (AvgIpc) is 2.71. The second-order valence-corrected chi connectivity index (χ2v) is 4.86. The predicted molar refractivity (Wildman–Crippen MR) is 68.0 cm³/mol. The first-order valence-electron chi connectivity index (χ1n) is 6.14. The lowest BCUT2D eigenvalue weighted by Gasteiger charge is -2.30. The van der Waals surface area contributed by atoms with Crippen LogP contribution in [0.1, 0.15) is 31.9 Å². The molecule has 94 valence electrons. The van der Waals surface area contributed by atoms with Crippen LogP contribution in [0.4, 0.5) is 0 Å². The molecule has 1 aromatic rings. The summed E-state index contributed by atoms with van der Waals surface area (Å²) in [5, 5.41) is 0. The molecule has 2 heterocycles. The monoisotopic (exact) mass is 235 g/mol. The van der Waals surface area contributed by atoms with Crippen molar-refractivity contribution in [3.63, 3.8) is 0 Å². The van der Waals surface area contributed by atoms with Crippen molar-refractivity contribution in [2.24, 2.45) is 5.73 Å². The number of nitrogens with zero attached hydrogens (tertiary/aromatic N) is 2. The van der Waals surface area contributed by atoms with Crippen molar-refractivity contribution >= 4 is 0 Å². The zero-order valence-electron chi connectivity index (χ0n) is 10.8. The van der Waals surface area contributed by atoms with Gasteiger partial charge in [0, 0.05) is 30.9 Å². The third-order valence-electron chi connectivity index (χ3n) is 3.46. The van der Waals surface area contributed by atoms with Crippen molar-refractivity contribution in [1.82, 2.24) is 9.88 Å². The molecule has 0 spiro atoms. The predicted octanol–water partition coefficient (Wildman–Crippen LogP) is 1.57. The van der Waals surface area contributed by atoms with Gasteiger partial charge in [0.05, 0.1) is 13.2 Å². The highest BCUT2D eigenvalue weighted by atomic mass is 16.5. The molecule has 2 atom stereocenters. The van der Waals surface area contributed by atoms with E-state index in [2.05, 4.69) is 29.8 Å². The van der Waals surface area contributed by atoms with Crippen LogP contribution in [0.3, 0.4) is 0 Å². The molecule has 1 aromatic heterocycles. The van der Waals surface area contributed by atoms with Gasteiger partial charge < -0.3 is 10.5 Å². The van der Waals surface area contributed by atoms with E-state index in [9.17, 15) is 0 Å². The molecule has 2 unspecified atom stereocenters. The Morgan fingerprint density at radius 2 is 2.24 bits per heavy atom. The standard InChI is InChI=1S/C13H21N3O/c1-9(2)16-7-6-11(14)13(16)10-4-5-12(17-3)15-8-10/h4-5,8-9,11,13H,6-7,14H2,1-3H3. The van der Waals surface area contributed by atoms with Gasteiger partial charge in [0.25, 0.3) is 0 Å². The van der Waals surface area contributed by atoms with E-state index in [1.807, 2.05) is 12.3 Å². The SMILES string of the molecule is COc1ccc(C2C(N)CCN2C(C)C)cn1. The van der Waals surface area contributed by atoms with E-state index in [-0.39, 0.29) is 12.1 Å². The first kappa shape index (κ1) is 12.3. The van der Waals surface area contributed by atoms with Crippen molar-refractivity contribution in [1.29, 1.82) is 0 Å². The Kier molecular flexibility index (Phi) is 3.64. The Hall–Kier alpha value is -1.13. The second-order valence-electron chi connectivity index (χ2n) is 4.86. The normalized spacial score (nSPS) is 25.5. The Bertz CT molecular complexity index is 363. The Morgan fingerprint density at radius 1 is 1.47 bits per heavy atom. The van der Waals surface area contributed by atoms with Crippen LogP contribution in [0.25, 0.3) is 0 Å². The quantitative estimate of drug-likeness (QED) is 0.864. The molecule has 17 heavy (non-hydrogen) atoms. The highest BCUT2D eigenvalue weighted by Crippen LogP contribution is 2.32. The lowest BCUT2D eigenvalue weighted by atomic mass is 10.0. The van der Waals surface area contributed by atoms with E-state index in [0.717, 1.165) is 13.0 Å². The topological polar surface area (TPSA) is 51.4 Å². The van der Waals surface area contributed by atoms with E-state index in [1.54, 1.807) is 7.11 Å². The van der Waals surface area contributed by atoms with Crippen LogP contribution in [0, 0.1) is 0 Å². The third-order valence-corrected chi connectivity index (χ3v) is 3.46. The maximum atomic E-state index is 6.21.